The van der Waals surface area contributed by atoms with Gasteiger partial charge in [0.2, 0.25) is 0 Å². The number of hydrogen-bond acceptors (Lipinski definition) is 15. The summed E-state index contributed by atoms with van der Waals surface area (Å²) in [6.45, 7) is 13.0. The second kappa shape index (κ2) is 34.6. The van der Waals surface area contributed by atoms with Crippen molar-refractivity contribution in [1.29, 1.82) is 0 Å². The third-order valence-electron chi connectivity index (χ3n) is 13.8. The maximum Gasteiger partial charge on any atom is 0.297 e. The lowest BCUT2D eigenvalue weighted by molar-refractivity contribution is -0.323. The summed E-state index contributed by atoms with van der Waals surface area (Å²) in [6, 6.07) is 65.6. The molecular formula is C69H76O14S2. The smallest absolute Gasteiger partial charge is 0.297 e. The van der Waals surface area contributed by atoms with E-state index in [0.717, 1.165) is 38.9 Å². The molecule has 0 spiro atoms. The molecule has 10 unspecified atom stereocenters. The van der Waals surface area contributed by atoms with Gasteiger partial charge in [-0.25, -0.2) is 0 Å². The molecule has 0 bridgehead atoms. The molecule has 2 heterocycles. The molecule has 0 aliphatic carbocycles. The quantitative estimate of drug-likeness (QED) is 0.0310. The van der Waals surface area contributed by atoms with Crippen LogP contribution in [0.15, 0.2) is 236 Å². The highest BCUT2D eigenvalue weighted by atomic mass is 32.2. The lowest BCUT2D eigenvalue weighted by Crippen LogP contribution is -2.61. The van der Waals surface area contributed by atoms with Crippen LogP contribution in [0.2, 0.25) is 0 Å². The van der Waals surface area contributed by atoms with Crippen molar-refractivity contribution >= 4 is 27.0 Å². The third-order valence-corrected chi connectivity index (χ3v) is 16.0. The maximum absolute atomic E-state index is 13.2. The summed E-state index contributed by atoms with van der Waals surface area (Å²) in [4.78, 5) is 12.0. The highest BCUT2D eigenvalue weighted by molar-refractivity contribution is 8.13. The Bertz CT molecular complexity index is 3130. The van der Waals surface area contributed by atoms with E-state index >= 15 is 0 Å². The van der Waals surface area contributed by atoms with Crippen molar-refractivity contribution in [3.63, 3.8) is 0 Å². The van der Waals surface area contributed by atoms with Gasteiger partial charge in [0.25, 0.3) is 10.1 Å². The number of hydrogen-bond donors (Lipinski definition) is 0. The molecule has 0 N–H and O–H groups in total. The van der Waals surface area contributed by atoms with Gasteiger partial charge < -0.3 is 47.4 Å². The average molecular weight is 1190 g/mol. The SMILES string of the molecule is C=CCOC1OC(COS(=O)(=O)c2ccc(C)cc2)C(OCc2ccccc2)C(OCc2ccccc2)C1OCc1ccccc1.C=CCOC1OC(CSC(C)=O)C(OCc2ccccc2)C(OCc2ccccc2)C1OCc1ccccc1. The average Bonchev–Trinajstić information content (AvgIpc) is 2.59. The Morgan fingerprint density at radius 2 is 0.741 bits per heavy atom. The highest BCUT2D eigenvalue weighted by Gasteiger charge is 2.51. The maximum atomic E-state index is 13.2. The molecule has 7 aromatic carbocycles. The van der Waals surface area contributed by atoms with Crippen molar-refractivity contribution < 1.29 is 64.8 Å². The summed E-state index contributed by atoms with van der Waals surface area (Å²) in [5, 5.41) is 0.00757. The zero-order chi connectivity index (χ0) is 59.5. The van der Waals surface area contributed by atoms with Gasteiger partial charge in [-0.15, -0.1) is 13.2 Å². The number of carbonyl (C=O) groups is 1. The molecule has 7 aromatic rings. The summed E-state index contributed by atoms with van der Waals surface area (Å²) in [7, 11) is -4.10. The number of rotatable bonds is 30. The second-order valence-electron chi connectivity index (χ2n) is 20.3. The topological polar surface area (TPSA) is 153 Å². The van der Waals surface area contributed by atoms with Crippen LogP contribution in [0.5, 0.6) is 0 Å². The van der Waals surface area contributed by atoms with E-state index in [1.807, 2.05) is 189 Å². The number of aryl methyl sites for hydroxylation is 1. The third kappa shape index (κ3) is 20.6. The van der Waals surface area contributed by atoms with Crippen molar-refractivity contribution in [3.05, 3.63) is 271 Å². The van der Waals surface area contributed by atoms with Crippen LogP contribution in [-0.4, -0.2) is 101 Å². The fourth-order valence-corrected chi connectivity index (χ4v) is 11.1. The van der Waals surface area contributed by atoms with E-state index in [1.165, 1.54) is 23.9 Å². The Labute approximate surface area is 505 Å². The van der Waals surface area contributed by atoms with Gasteiger partial charge in [0.1, 0.15) is 42.7 Å². The summed E-state index contributed by atoms with van der Waals surface area (Å²) >= 11 is 1.20. The minimum Gasteiger partial charge on any atom is -0.368 e. The lowest BCUT2D eigenvalue weighted by Gasteiger charge is -2.45. The standard InChI is InChI=1S/C37H40O8S.C32H36O6S/c1-3-23-40-37-36(43-26-31-17-11-6-12-18-31)35(42-25-30-15-9-5-10-16-30)34(41-24-29-13-7-4-8-14-29)33(45-37)27-44-46(38,39)32-21-19-28(2)20-22-32;1-3-19-34-32-31(37-22-27-17-11-6-12-18-27)30(36-21-26-15-9-5-10-16-26)29(28(38-32)23-39-24(2)33)35-20-25-13-7-4-8-14-25/h3-22,33-37H,1,23-27H2,2H3;3-18,28-32H,1,19-23H2,2H3. The van der Waals surface area contributed by atoms with Crippen molar-refractivity contribution in [2.24, 2.45) is 0 Å². The van der Waals surface area contributed by atoms with E-state index in [2.05, 4.69) is 13.2 Å². The molecule has 0 radical (unpaired) electrons. The van der Waals surface area contributed by atoms with E-state index in [-0.39, 0.29) is 49.7 Å². The van der Waals surface area contributed by atoms with Crippen molar-refractivity contribution in [2.75, 3.05) is 25.6 Å². The summed E-state index contributed by atoms with van der Waals surface area (Å²) in [5.41, 5.74) is 6.88. The predicted octanol–water partition coefficient (Wildman–Crippen LogP) is 12.3. The zero-order valence-electron chi connectivity index (χ0n) is 48.1. The normalized spacial score (nSPS) is 22.1. The molecule has 2 aliphatic rings. The summed E-state index contributed by atoms with van der Waals surface area (Å²) in [5.74, 6) is 0.402. The van der Waals surface area contributed by atoms with Crippen LogP contribution in [0.1, 0.15) is 45.9 Å². The first-order chi connectivity index (χ1) is 41.6. The van der Waals surface area contributed by atoms with Gasteiger partial charge in [-0.2, -0.15) is 8.42 Å². The van der Waals surface area contributed by atoms with Crippen LogP contribution in [0.3, 0.4) is 0 Å². The Morgan fingerprint density at radius 3 is 1.07 bits per heavy atom. The second-order valence-corrected chi connectivity index (χ2v) is 23.1. The van der Waals surface area contributed by atoms with Crippen LogP contribution in [0.25, 0.3) is 0 Å². The van der Waals surface area contributed by atoms with Gasteiger partial charge in [-0.05, 0) is 52.4 Å². The number of benzene rings is 7. The first-order valence-electron chi connectivity index (χ1n) is 28.4. The fourth-order valence-electron chi connectivity index (χ4n) is 9.48. The van der Waals surface area contributed by atoms with Gasteiger partial charge in [0.05, 0.1) is 70.5 Å². The van der Waals surface area contributed by atoms with Crippen LogP contribution in [0, 0.1) is 6.92 Å². The first-order valence-corrected chi connectivity index (χ1v) is 30.7. The Kier molecular flexibility index (Phi) is 26.3. The summed E-state index contributed by atoms with van der Waals surface area (Å²) < 4.78 is 96.3. The molecular weight excluding hydrogens is 1120 g/mol. The van der Waals surface area contributed by atoms with Crippen molar-refractivity contribution in [2.45, 2.75) is 120 Å². The molecule has 2 aliphatic heterocycles. The molecule has 448 valence electrons. The Balaban J connectivity index is 0.000000224. The predicted molar refractivity (Wildman–Crippen MR) is 327 cm³/mol. The van der Waals surface area contributed by atoms with E-state index < -0.39 is 71.5 Å². The number of thioether (sulfide) groups is 1. The Morgan fingerprint density at radius 1 is 0.435 bits per heavy atom. The molecule has 16 heteroatoms. The fraction of sp³-hybridized carbons (Fsp3) is 0.319. The molecule has 2 fully saturated rings. The van der Waals surface area contributed by atoms with Gasteiger partial charge in [-0.3, -0.25) is 8.98 Å². The van der Waals surface area contributed by atoms with E-state index in [4.69, 9.17) is 51.6 Å². The molecule has 0 aromatic heterocycles. The lowest BCUT2D eigenvalue weighted by atomic mass is 9.98. The first kappa shape index (κ1) is 64.5. The van der Waals surface area contributed by atoms with Crippen molar-refractivity contribution in [1.82, 2.24) is 0 Å². The van der Waals surface area contributed by atoms with Crippen LogP contribution in [0.4, 0.5) is 0 Å². The van der Waals surface area contributed by atoms with Crippen LogP contribution < -0.4 is 0 Å². The minimum absolute atomic E-state index is 0.00757. The molecule has 0 saturated carbocycles. The number of carbonyl (C=O) groups excluding carboxylic acids is 1. The van der Waals surface area contributed by atoms with Gasteiger partial charge in [-0.1, -0.05) is 224 Å². The van der Waals surface area contributed by atoms with E-state index in [0.29, 0.717) is 25.6 Å². The minimum atomic E-state index is -4.10. The molecule has 2 saturated heterocycles. The van der Waals surface area contributed by atoms with Crippen LogP contribution in [-0.2, 0) is 106 Å². The van der Waals surface area contributed by atoms with Gasteiger partial charge >= 0.3 is 0 Å². The Hall–Kier alpha value is -6.45. The zero-order valence-corrected chi connectivity index (χ0v) is 49.7. The monoisotopic (exact) mass is 1190 g/mol. The summed E-state index contributed by atoms with van der Waals surface area (Å²) in [6.07, 6.45) is -3.63. The number of ether oxygens (including phenoxy) is 10. The van der Waals surface area contributed by atoms with E-state index in [1.54, 1.807) is 31.2 Å². The van der Waals surface area contributed by atoms with Gasteiger partial charge in [0, 0.05) is 12.7 Å². The molecule has 14 nitrogen and oxygen atoms in total. The highest BCUT2D eigenvalue weighted by Crippen LogP contribution is 2.35. The molecule has 9 rings (SSSR count). The van der Waals surface area contributed by atoms with Crippen LogP contribution >= 0.6 is 11.8 Å². The molecule has 85 heavy (non-hydrogen) atoms. The van der Waals surface area contributed by atoms with Gasteiger partial charge in [0.15, 0.2) is 17.7 Å². The molecule has 10 atom stereocenters. The largest absolute Gasteiger partial charge is 0.368 e. The van der Waals surface area contributed by atoms with Crippen molar-refractivity contribution in [3.8, 4) is 0 Å². The van der Waals surface area contributed by atoms with E-state index in [9.17, 15) is 13.2 Å². The molecule has 0 amide bonds.